The number of aromatic hydroxyl groups is 1. The molecule has 2 atom stereocenters. The molecule has 3 aromatic carbocycles. The van der Waals surface area contributed by atoms with Gasteiger partial charge in [0.15, 0.2) is 0 Å². The molecule has 0 aliphatic carbocycles. The van der Waals surface area contributed by atoms with Crippen LogP contribution in [0.25, 0.3) is 11.1 Å². The number of rotatable bonds is 13. The molecule has 0 spiro atoms. The molecule has 0 saturated heterocycles. The van der Waals surface area contributed by atoms with Gasteiger partial charge in [0.1, 0.15) is 17.8 Å². The highest BCUT2D eigenvalue weighted by Gasteiger charge is 2.26. The average Bonchev–Trinajstić information content (AvgIpc) is 2.91. The van der Waals surface area contributed by atoms with Gasteiger partial charge in [0, 0.05) is 19.3 Å². The number of hydrogen-bond acceptors (Lipinski definition) is 5. The molecule has 3 rings (SSSR count). The Morgan fingerprint density at radius 3 is 1.95 bits per heavy atom. The van der Waals surface area contributed by atoms with Crippen LogP contribution in [0.15, 0.2) is 78.9 Å². The lowest BCUT2D eigenvalue weighted by Gasteiger charge is -2.22. The first-order valence-corrected chi connectivity index (χ1v) is 12.2. The average molecular weight is 518 g/mol. The highest BCUT2D eigenvalue weighted by molar-refractivity contribution is 5.92. The zero-order valence-electron chi connectivity index (χ0n) is 20.8. The molecular weight excluding hydrogens is 486 g/mol. The predicted molar refractivity (Wildman–Crippen MR) is 142 cm³/mol. The van der Waals surface area contributed by atoms with Crippen molar-refractivity contribution in [3.05, 3.63) is 90.0 Å². The van der Waals surface area contributed by atoms with E-state index in [4.69, 9.17) is 10.8 Å². The Balaban J connectivity index is 1.59. The van der Waals surface area contributed by atoms with Crippen LogP contribution >= 0.6 is 0 Å². The van der Waals surface area contributed by atoms with Crippen LogP contribution in [0.4, 0.5) is 0 Å². The molecule has 9 heteroatoms. The summed E-state index contributed by atoms with van der Waals surface area (Å²) in [6, 6.07) is 21.6. The minimum Gasteiger partial charge on any atom is -0.508 e. The molecule has 0 aliphatic rings. The van der Waals surface area contributed by atoms with Gasteiger partial charge in [0.2, 0.25) is 17.7 Å². The molecule has 2 unspecified atom stereocenters. The maximum Gasteiger partial charge on any atom is 0.303 e. The van der Waals surface area contributed by atoms with E-state index in [1.54, 1.807) is 12.1 Å². The molecule has 0 aromatic heterocycles. The number of aliphatic carboxylic acids is 1. The van der Waals surface area contributed by atoms with Crippen molar-refractivity contribution in [1.82, 2.24) is 10.6 Å². The fourth-order valence-electron chi connectivity index (χ4n) is 3.92. The number of carboxylic acids is 1. The van der Waals surface area contributed by atoms with Crippen molar-refractivity contribution < 1.29 is 29.4 Å². The van der Waals surface area contributed by atoms with Crippen LogP contribution in [0.2, 0.25) is 0 Å². The van der Waals surface area contributed by atoms with Crippen LogP contribution < -0.4 is 16.4 Å². The third-order valence-corrected chi connectivity index (χ3v) is 6.04. The van der Waals surface area contributed by atoms with Gasteiger partial charge in [-0.1, -0.05) is 66.7 Å². The fourth-order valence-corrected chi connectivity index (χ4v) is 3.92. The van der Waals surface area contributed by atoms with Gasteiger partial charge in [0.25, 0.3) is 0 Å². The van der Waals surface area contributed by atoms with Crippen molar-refractivity contribution >= 4 is 23.7 Å². The van der Waals surface area contributed by atoms with Crippen LogP contribution in [-0.2, 0) is 32.0 Å². The monoisotopic (exact) mass is 517 g/mol. The highest BCUT2D eigenvalue weighted by atomic mass is 16.4. The summed E-state index contributed by atoms with van der Waals surface area (Å²) < 4.78 is 0. The normalized spacial score (nSPS) is 12.2. The van der Waals surface area contributed by atoms with E-state index in [0.717, 1.165) is 16.7 Å². The number of phenols is 1. The van der Waals surface area contributed by atoms with Crippen molar-refractivity contribution in [3.8, 4) is 16.9 Å². The molecular formula is C29H31N3O6. The lowest BCUT2D eigenvalue weighted by molar-refractivity contribution is -0.138. The molecule has 0 fully saturated rings. The predicted octanol–water partition coefficient (Wildman–Crippen LogP) is 2.55. The van der Waals surface area contributed by atoms with E-state index in [2.05, 4.69) is 10.6 Å². The fraction of sp³-hybridized carbons (Fsp3) is 0.241. The lowest BCUT2D eigenvalue weighted by Crippen LogP contribution is -2.53. The van der Waals surface area contributed by atoms with Crippen molar-refractivity contribution in [3.63, 3.8) is 0 Å². The van der Waals surface area contributed by atoms with Gasteiger partial charge >= 0.3 is 5.97 Å². The number of hydrogen-bond donors (Lipinski definition) is 5. The first-order chi connectivity index (χ1) is 18.2. The SMILES string of the molecule is NC(=O)C(Cc1ccc(O)cc1)NC(=O)C(CCC(=O)O)NC(=O)CCc1ccc(-c2ccccc2)cc1. The topological polar surface area (TPSA) is 159 Å². The molecule has 0 heterocycles. The summed E-state index contributed by atoms with van der Waals surface area (Å²) >= 11 is 0. The minimum absolute atomic E-state index is 0.0528. The smallest absolute Gasteiger partial charge is 0.303 e. The van der Waals surface area contributed by atoms with E-state index in [0.29, 0.717) is 12.0 Å². The number of aryl methyl sites for hydroxylation is 1. The first-order valence-electron chi connectivity index (χ1n) is 12.2. The van der Waals surface area contributed by atoms with Gasteiger partial charge in [-0.05, 0) is 47.2 Å². The number of nitrogens with two attached hydrogens (primary N) is 1. The van der Waals surface area contributed by atoms with E-state index < -0.39 is 35.8 Å². The van der Waals surface area contributed by atoms with Gasteiger partial charge in [-0.3, -0.25) is 19.2 Å². The van der Waals surface area contributed by atoms with Crippen molar-refractivity contribution in [2.24, 2.45) is 5.73 Å². The Bertz CT molecular complexity index is 1240. The van der Waals surface area contributed by atoms with Crippen LogP contribution in [0, 0.1) is 0 Å². The Morgan fingerprint density at radius 1 is 0.737 bits per heavy atom. The van der Waals surface area contributed by atoms with E-state index in [1.165, 1.54) is 12.1 Å². The van der Waals surface area contributed by atoms with Gasteiger partial charge in [0.05, 0.1) is 0 Å². The van der Waals surface area contributed by atoms with E-state index in [1.807, 2.05) is 54.6 Å². The number of phenolic OH excluding ortho intramolecular Hbond substituents is 1. The summed E-state index contributed by atoms with van der Waals surface area (Å²) in [7, 11) is 0. The molecule has 0 aliphatic heterocycles. The molecule has 38 heavy (non-hydrogen) atoms. The standard InChI is InChI=1S/C29H31N3O6/c30-28(37)25(18-20-8-13-23(33)14-9-20)32-29(38)24(15-17-27(35)36)31-26(34)16-10-19-6-11-22(12-7-19)21-4-2-1-3-5-21/h1-9,11-14,24-25,33H,10,15-18H2,(H2,30,37)(H,31,34)(H,32,38)(H,35,36). The second-order valence-electron chi connectivity index (χ2n) is 8.95. The van der Waals surface area contributed by atoms with Gasteiger partial charge in [-0.25, -0.2) is 0 Å². The molecule has 3 amide bonds. The van der Waals surface area contributed by atoms with Gasteiger partial charge in [-0.15, -0.1) is 0 Å². The zero-order valence-corrected chi connectivity index (χ0v) is 20.8. The molecule has 6 N–H and O–H groups in total. The van der Waals surface area contributed by atoms with Crippen LogP contribution in [-0.4, -0.2) is 46.0 Å². The number of carboxylic acid groups (broad SMARTS) is 1. The highest BCUT2D eigenvalue weighted by Crippen LogP contribution is 2.19. The Kier molecular flexibility index (Phi) is 9.99. The Hall–Kier alpha value is -4.66. The summed E-state index contributed by atoms with van der Waals surface area (Å²) in [6.45, 7) is 0. The van der Waals surface area contributed by atoms with Crippen molar-refractivity contribution in [1.29, 1.82) is 0 Å². The van der Waals surface area contributed by atoms with Crippen LogP contribution in [0.3, 0.4) is 0 Å². The zero-order chi connectivity index (χ0) is 27.5. The molecule has 9 nitrogen and oxygen atoms in total. The van der Waals surface area contributed by atoms with E-state index in [9.17, 15) is 24.3 Å². The molecule has 0 bridgehead atoms. The van der Waals surface area contributed by atoms with Crippen molar-refractivity contribution in [2.45, 2.75) is 44.2 Å². The summed E-state index contributed by atoms with van der Waals surface area (Å²) in [4.78, 5) is 48.7. The summed E-state index contributed by atoms with van der Waals surface area (Å²) in [6.07, 6.45) is 0.0923. The Morgan fingerprint density at radius 2 is 1.34 bits per heavy atom. The Labute approximate surface area is 220 Å². The van der Waals surface area contributed by atoms with E-state index >= 15 is 0 Å². The quantitative estimate of drug-likeness (QED) is 0.234. The first kappa shape index (κ1) is 27.9. The second kappa shape index (κ2) is 13.6. The largest absolute Gasteiger partial charge is 0.508 e. The van der Waals surface area contributed by atoms with Gasteiger partial charge in [-0.2, -0.15) is 0 Å². The number of amides is 3. The number of carbonyl (C=O) groups excluding carboxylic acids is 3. The van der Waals surface area contributed by atoms with Gasteiger partial charge < -0.3 is 26.6 Å². The molecule has 3 aromatic rings. The maximum atomic E-state index is 12.9. The maximum absolute atomic E-state index is 12.9. The number of primary amides is 1. The lowest BCUT2D eigenvalue weighted by atomic mass is 10.0. The van der Waals surface area contributed by atoms with E-state index in [-0.39, 0.29) is 31.4 Å². The summed E-state index contributed by atoms with van der Waals surface area (Å²) in [5.74, 6) is -2.97. The number of nitrogens with one attached hydrogen (secondary N) is 2. The minimum atomic E-state index is -1.15. The third kappa shape index (κ3) is 8.77. The van der Waals surface area contributed by atoms with Crippen LogP contribution in [0.1, 0.15) is 30.4 Å². The molecule has 198 valence electrons. The summed E-state index contributed by atoms with van der Waals surface area (Å²) in [5, 5.41) is 23.6. The number of carbonyl (C=O) groups is 4. The molecule has 0 saturated carbocycles. The van der Waals surface area contributed by atoms with Crippen molar-refractivity contribution in [2.75, 3.05) is 0 Å². The molecule has 0 radical (unpaired) electrons. The second-order valence-corrected chi connectivity index (χ2v) is 8.95. The number of benzene rings is 3. The third-order valence-electron chi connectivity index (χ3n) is 6.04. The summed E-state index contributed by atoms with van der Waals surface area (Å²) in [5.41, 5.74) is 9.19. The van der Waals surface area contributed by atoms with Crippen LogP contribution in [0.5, 0.6) is 5.75 Å².